The third-order valence-electron chi connectivity index (χ3n) is 15.8. The lowest BCUT2D eigenvalue weighted by Crippen LogP contribution is -2.60. The third-order valence-corrected chi connectivity index (χ3v) is 15.8. The summed E-state index contributed by atoms with van der Waals surface area (Å²) in [5, 5.41) is 22.1. The molecule has 0 heterocycles. The highest BCUT2D eigenvalue weighted by atomic mass is 16.2. The van der Waals surface area contributed by atoms with Gasteiger partial charge in [-0.15, -0.1) is 0 Å². The fourth-order valence-corrected chi connectivity index (χ4v) is 10.3. The maximum atomic E-state index is 15.0. The number of nitrogens with two attached hydrogens (primary N) is 18. The number of aldehydes is 1. The second-order valence-corrected chi connectivity index (χ2v) is 25.0. The van der Waals surface area contributed by atoms with Crippen molar-refractivity contribution in [1.29, 1.82) is 0 Å². The van der Waals surface area contributed by atoms with Crippen molar-refractivity contribution in [2.24, 2.45) is 143 Å². The molecule has 9 atom stereocenters. The molecule has 0 aliphatic rings. The van der Waals surface area contributed by atoms with Crippen molar-refractivity contribution in [2.45, 2.75) is 228 Å². The van der Waals surface area contributed by atoms with Crippen LogP contribution in [0.15, 0.2) is 39.9 Å². The minimum Gasteiger partial charge on any atom is -0.370 e. The number of rotatable bonds is 61. The summed E-state index contributed by atoms with van der Waals surface area (Å²) in [4.78, 5) is 161. The SMILES string of the molecule is NCCCC[C@@H](C=O)NC(=O)[C@H](CCCCN=C(N)N)NC(=O)[C@H](CCCCN=C(N)N)NC(=O)[C@H](CCCCN=C(N)N)NC(=O)[C@H](CCCCN=C(N)N)NC(=O)[C@H](CCCCN=C(N)N)NC(=O)[C@H](CCCCN=C(N)N)NC(=O)[C@H](CCCCN=C(N)N)NC(=O)[C@@H](N)CCCCN=C(N)N. The van der Waals surface area contributed by atoms with Crippen molar-refractivity contribution in [1.82, 2.24) is 42.5 Å². The Kier molecular flexibility index (Phi) is 52.2. The molecule has 43 heteroatoms. The van der Waals surface area contributed by atoms with Crippen molar-refractivity contribution in [3.8, 4) is 0 Å². The molecule has 0 aromatic rings. The Morgan fingerprint density at radius 3 is 0.590 bits per heavy atom. The molecule has 0 saturated heterocycles. The fraction of sp³-hybridized carbons (Fsp3) is 0.726. The Morgan fingerprint density at radius 1 is 0.238 bits per heavy atom. The molecule has 0 radical (unpaired) electrons. The molecule has 0 rings (SSSR count). The van der Waals surface area contributed by atoms with Crippen LogP contribution in [-0.4, -0.2) is 214 Å². The van der Waals surface area contributed by atoms with Crippen LogP contribution in [0.3, 0.4) is 0 Å². The van der Waals surface area contributed by atoms with Gasteiger partial charge in [0.1, 0.15) is 48.6 Å². The van der Waals surface area contributed by atoms with Gasteiger partial charge < -0.3 is 151 Å². The van der Waals surface area contributed by atoms with Gasteiger partial charge in [-0.2, -0.15) is 0 Å². The molecule has 44 N–H and O–H groups in total. The van der Waals surface area contributed by atoms with Crippen LogP contribution in [0, 0.1) is 0 Å². The summed E-state index contributed by atoms with van der Waals surface area (Å²) in [7, 11) is 0. The average Bonchev–Trinajstić information content (AvgIpc) is 0.863. The maximum absolute atomic E-state index is 15.0. The predicted molar refractivity (Wildman–Crippen MR) is 409 cm³/mol. The normalized spacial score (nSPS) is 13.3. The summed E-state index contributed by atoms with van der Waals surface area (Å²) in [6, 6.07) is -11.5. The number of hydrogen-bond donors (Lipinski definition) is 26. The summed E-state index contributed by atoms with van der Waals surface area (Å²) in [6.45, 7) is 1.78. The van der Waals surface area contributed by atoms with E-state index in [1.807, 2.05) is 0 Å². The van der Waals surface area contributed by atoms with E-state index < -0.39 is 102 Å². The first-order chi connectivity index (χ1) is 49.9. The lowest BCUT2D eigenvalue weighted by molar-refractivity contribution is -0.136. The standard InChI is InChI=1S/C62H126N34O9/c63-28-10-1-19-38(37-97)89-48(99)40(21-3-12-30-82-56(67)68)91-50(101)42(23-5-14-32-84-58(71)72)93-52(103)44(25-7-16-34-86-60(75)76)95-54(105)46(27-9-18-36-88-62(79)80)96-53(104)45(26-8-17-35-87-61(77)78)94-51(102)43(24-6-15-33-85-59(73)74)92-49(100)41(22-4-13-31-83-57(69)70)90-47(98)39(64)20-2-11-29-81-55(65)66/h37-46H,1-36,63-64H2,(H,89,99)(H,90,98)(H,91,101)(H,92,100)(H,93,103)(H,94,102)(H,95,105)(H,96,104)(H4,65,66,81)(H4,67,68,82)(H4,69,70,83)(H4,71,72,84)(H4,73,74,85)(H4,75,76,86)(H4,77,78,87)(H4,79,80,88)/t38-,39-,40-,41-,42-,43-,44-,45-,46-/m0/s1. The third kappa shape index (κ3) is 50.5. The maximum Gasteiger partial charge on any atom is 0.243 e. The van der Waals surface area contributed by atoms with Gasteiger partial charge in [0.2, 0.25) is 47.3 Å². The van der Waals surface area contributed by atoms with Crippen molar-refractivity contribution < 1.29 is 43.2 Å². The zero-order chi connectivity index (χ0) is 78.9. The fourth-order valence-electron chi connectivity index (χ4n) is 10.3. The Balaban J connectivity index is 7.89. The Hall–Kier alpha value is -10.5. The molecule has 0 unspecified atom stereocenters. The highest BCUT2D eigenvalue weighted by molar-refractivity contribution is 5.98. The Bertz CT molecular complexity index is 2820. The van der Waals surface area contributed by atoms with Crippen LogP contribution in [0.25, 0.3) is 0 Å². The largest absolute Gasteiger partial charge is 0.370 e. The lowest BCUT2D eigenvalue weighted by Gasteiger charge is -2.28. The van der Waals surface area contributed by atoms with E-state index in [-0.39, 0.29) is 183 Å². The van der Waals surface area contributed by atoms with E-state index in [1.165, 1.54) is 0 Å². The molecule has 0 aromatic carbocycles. The van der Waals surface area contributed by atoms with Crippen molar-refractivity contribution in [2.75, 3.05) is 58.9 Å². The molecule has 105 heavy (non-hydrogen) atoms. The molecule has 43 nitrogen and oxygen atoms in total. The number of aliphatic imine (C=N–C) groups is 8. The van der Waals surface area contributed by atoms with E-state index in [2.05, 4.69) is 82.5 Å². The van der Waals surface area contributed by atoms with Gasteiger partial charge in [-0.1, -0.05) is 0 Å². The molecular formula is C62H126N34O9. The Labute approximate surface area is 614 Å². The molecule has 0 spiro atoms. The number of carbonyl (C=O) groups is 9. The molecule has 0 saturated carbocycles. The van der Waals surface area contributed by atoms with E-state index in [0.717, 1.165) is 0 Å². The number of nitrogens with one attached hydrogen (secondary N) is 8. The topological polar surface area (TPSA) is 817 Å². The number of nitrogens with zero attached hydrogens (tertiary/aromatic N) is 8. The van der Waals surface area contributed by atoms with Crippen molar-refractivity contribution in [3.63, 3.8) is 0 Å². The van der Waals surface area contributed by atoms with Crippen LogP contribution in [0.4, 0.5) is 0 Å². The molecular weight excluding hydrogens is 1360 g/mol. The van der Waals surface area contributed by atoms with Gasteiger partial charge >= 0.3 is 0 Å². The minimum absolute atomic E-state index is 0.0360. The summed E-state index contributed by atoms with van der Waals surface area (Å²) in [5.41, 5.74) is 101. The summed E-state index contributed by atoms with van der Waals surface area (Å²) in [6.07, 6.45) is 7.12. The highest BCUT2D eigenvalue weighted by Crippen LogP contribution is 2.15. The lowest BCUT2D eigenvalue weighted by atomic mass is 10.0. The van der Waals surface area contributed by atoms with Gasteiger partial charge in [0.25, 0.3) is 0 Å². The van der Waals surface area contributed by atoms with E-state index in [4.69, 9.17) is 103 Å². The van der Waals surface area contributed by atoms with Gasteiger partial charge in [-0.05, 0) is 180 Å². The Morgan fingerprint density at radius 2 is 0.410 bits per heavy atom. The van der Waals surface area contributed by atoms with E-state index >= 15 is 9.59 Å². The number of amides is 8. The number of carbonyl (C=O) groups excluding carboxylic acids is 9. The smallest absolute Gasteiger partial charge is 0.243 e. The summed E-state index contributed by atoms with van der Waals surface area (Å²) < 4.78 is 0. The minimum atomic E-state index is -1.45. The van der Waals surface area contributed by atoms with Gasteiger partial charge in [-0.3, -0.25) is 78.3 Å². The first kappa shape index (κ1) is 94.5. The first-order valence-electron chi connectivity index (χ1n) is 35.7. The van der Waals surface area contributed by atoms with Crippen LogP contribution in [0.2, 0.25) is 0 Å². The van der Waals surface area contributed by atoms with E-state index in [9.17, 15) is 33.6 Å². The average molecular weight is 1490 g/mol. The highest BCUT2D eigenvalue weighted by Gasteiger charge is 2.35. The van der Waals surface area contributed by atoms with Crippen molar-refractivity contribution in [3.05, 3.63) is 0 Å². The molecule has 0 bridgehead atoms. The van der Waals surface area contributed by atoms with Crippen molar-refractivity contribution >= 4 is 101 Å². The second-order valence-electron chi connectivity index (χ2n) is 25.0. The van der Waals surface area contributed by atoms with Crippen LogP contribution in [0.5, 0.6) is 0 Å². The molecule has 0 aromatic heterocycles. The van der Waals surface area contributed by atoms with Crippen LogP contribution in [0.1, 0.15) is 173 Å². The zero-order valence-corrected chi connectivity index (χ0v) is 60.9. The quantitative estimate of drug-likeness (QED) is 0.0116. The van der Waals surface area contributed by atoms with Crippen LogP contribution in [-0.2, 0) is 43.2 Å². The number of guanidine groups is 8. The molecule has 0 aliphatic heterocycles. The zero-order valence-electron chi connectivity index (χ0n) is 60.9. The number of hydrogen-bond acceptors (Lipinski definition) is 19. The molecule has 598 valence electrons. The van der Waals surface area contributed by atoms with Gasteiger partial charge in [0, 0.05) is 52.4 Å². The first-order valence-corrected chi connectivity index (χ1v) is 35.7. The van der Waals surface area contributed by atoms with Gasteiger partial charge in [0.15, 0.2) is 47.7 Å². The molecule has 0 fully saturated rings. The summed E-state index contributed by atoms with van der Waals surface area (Å²) >= 11 is 0. The second kappa shape index (κ2) is 58.0. The van der Waals surface area contributed by atoms with E-state index in [0.29, 0.717) is 103 Å². The monoisotopic (exact) mass is 1490 g/mol. The van der Waals surface area contributed by atoms with Crippen LogP contribution < -0.4 is 146 Å². The number of unbranched alkanes of at least 4 members (excludes halogenated alkanes) is 9. The predicted octanol–water partition coefficient (Wildman–Crippen LogP) is -8.93. The molecule has 0 aliphatic carbocycles. The van der Waals surface area contributed by atoms with E-state index in [1.54, 1.807) is 0 Å². The van der Waals surface area contributed by atoms with Crippen LogP contribution >= 0.6 is 0 Å². The van der Waals surface area contributed by atoms with Gasteiger partial charge in [0.05, 0.1) is 12.1 Å². The molecule has 8 amide bonds. The summed E-state index contributed by atoms with van der Waals surface area (Å²) in [5.74, 6) is -7.63. The van der Waals surface area contributed by atoms with Gasteiger partial charge in [-0.25, -0.2) is 0 Å².